The van der Waals surface area contributed by atoms with E-state index in [1.165, 1.54) is 0 Å². The van der Waals surface area contributed by atoms with Crippen LogP contribution in [0, 0.1) is 0 Å². The van der Waals surface area contributed by atoms with Crippen molar-refractivity contribution < 1.29 is 9.90 Å². The second-order valence-corrected chi connectivity index (χ2v) is 4.41. The molecular formula is C17H12O2. The summed E-state index contributed by atoms with van der Waals surface area (Å²) < 4.78 is 0. The molecule has 19 heavy (non-hydrogen) atoms. The van der Waals surface area contributed by atoms with Gasteiger partial charge in [-0.05, 0) is 34.0 Å². The van der Waals surface area contributed by atoms with Crippen LogP contribution in [-0.2, 0) is 0 Å². The lowest BCUT2D eigenvalue weighted by molar-refractivity contribution is 0.0697. The number of benzene rings is 3. The summed E-state index contributed by atoms with van der Waals surface area (Å²) in [5.74, 6) is -0.896. The molecule has 3 aromatic carbocycles. The van der Waals surface area contributed by atoms with E-state index in [1.807, 2.05) is 36.4 Å². The molecule has 0 radical (unpaired) electrons. The van der Waals surface area contributed by atoms with Gasteiger partial charge in [-0.25, -0.2) is 4.79 Å². The van der Waals surface area contributed by atoms with Crippen molar-refractivity contribution in [3.63, 3.8) is 0 Å². The van der Waals surface area contributed by atoms with Gasteiger partial charge in [-0.2, -0.15) is 0 Å². The minimum absolute atomic E-state index is 0.317. The molecule has 0 saturated carbocycles. The topological polar surface area (TPSA) is 37.3 Å². The normalized spacial score (nSPS) is 10.5. The average Bonchev–Trinajstić information content (AvgIpc) is 2.47. The van der Waals surface area contributed by atoms with E-state index in [-0.39, 0.29) is 0 Å². The Bertz CT molecular complexity index is 746. The maximum Gasteiger partial charge on any atom is 0.335 e. The van der Waals surface area contributed by atoms with E-state index in [9.17, 15) is 4.79 Å². The summed E-state index contributed by atoms with van der Waals surface area (Å²) in [6.07, 6.45) is 0. The number of carboxylic acids is 1. The number of carbonyl (C=O) groups is 1. The first-order valence-corrected chi connectivity index (χ1v) is 6.07. The van der Waals surface area contributed by atoms with E-state index in [2.05, 4.69) is 18.2 Å². The second-order valence-electron chi connectivity index (χ2n) is 4.41. The van der Waals surface area contributed by atoms with Crippen molar-refractivity contribution in [1.29, 1.82) is 0 Å². The number of aromatic carboxylic acids is 1. The van der Waals surface area contributed by atoms with E-state index in [4.69, 9.17) is 5.11 Å². The lowest BCUT2D eigenvalue weighted by atomic mass is 9.97. The summed E-state index contributed by atoms with van der Waals surface area (Å²) in [6, 6.07) is 21.3. The van der Waals surface area contributed by atoms with Crippen LogP contribution in [0.3, 0.4) is 0 Å². The van der Waals surface area contributed by atoms with Gasteiger partial charge in [0.25, 0.3) is 0 Å². The monoisotopic (exact) mass is 248 g/mol. The molecule has 0 fully saturated rings. The van der Waals surface area contributed by atoms with Crippen LogP contribution in [0.2, 0.25) is 0 Å². The molecule has 0 aliphatic heterocycles. The van der Waals surface area contributed by atoms with Crippen molar-refractivity contribution in [2.24, 2.45) is 0 Å². The van der Waals surface area contributed by atoms with Crippen molar-refractivity contribution in [2.75, 3.05) is 0 Å². The number of hydrogen-bond acceptors (Lipinski definition) is 1. The predicted molar refractivity (Wildman–Crippen MR) is 76.3 cm³/mol. The van der Waals surface area contributed by atoms with E-state index < -0.39 is 5.97 Å². The van der Waals surface area contributed by atoms with Crippen LogP contribution in [0.4, 0.5) is 0 Å². The first-order valence-electron chi connectivity index (χ1n) is 6.07. The summed E-state index contributed by atoms with van der Waals surface area (Å²) in [4.78, 5) is 11.0. The Morgan fingerprint density at radius 1 is 0.842 bits per heavy atom. The van der Waals surface area contributed by atoms with Crippen molar-refractivity contribution in [2.45, 2.75) is 0 Å². The van der Waals surface area contributed by atoms with Gasteiger partial charge in [0.2, 0.25) is 0 Å². The molecule has 0 aromatic heterocycles. The van der Waals surface area contributed by atoms with Crippen LogP contribution in [0.5, 0.6) is 0 Å². The lowest BCUT2D eigenvalue weighted by Gasteiger charge is -2.07. The largest absolute Gasteiger partial charge is 0.478 e. The maximum atomic E-state index is 11.0. The van der Waals surface area contributed by atoms with Gasteiger partial charge in [0, 0.05) is 0 Å². The average molecular weight is 248 g/mol. The van der Waals surface area contributed by atoms with E-state index in [0.717, 1.165) is 21.9 Å². The van der Waals surface area contributed by atoms with Crippen LogP contribution in [-0.4, -0.2) is 11.1 Å². The minimum atomic E-state index is -0.896. The van der Waals surface area contributed by atoms with E-state index >= 15 is 0 Å². The van der Waals surface area contributed by atoms with Gasteiger partial charge in [0.15, 0.2) is 0 Å². The molecule has 92 valence electrons. The number of hydrogen-bond donors (Lipinski definition) is 1. The minimum Gasteiger partial charge on any atom is -0.478 e. The molecule has 2 heteroatoms. The van der Waals surface area contributed by atoms with E-state index in [0.29, 0.717) is 5.56 Å². The zero-order valence-corrected chi connectivity index (χ0v) is 10.2. The van der Waals surface area contributed by atoms with Crippen molar-refractivity contribution in [1.82, 2.24) is 0 Å². The van der Waals surface area contributed by atoms with Gasteiger partial charge in [-0.3, -0.25) is 0 Å². The third kappa shape index (κ3) is 2.08. The van der Waals surface area contributed by atoms with Crippen LogP contribution < -0.4 is 0 Å². The first-order chi connectivity index (χ1) is 9.25. The highest BCUT2D eigenvalue weighted by atomic mass is 16.4. The van der Waals surface area contributed by atoms with Gasteiger partial charge >= 0.3 is 5.97 Å². The summed E-state index contributed by atoms with van der Waals surface area (Å²) in [5.41, 5.74) is 2.57. The first kappa shape index (κ1) is 11.5. The summed E-state index contributed by atoms with van der Waals surface area (Å²) in [7, 11) is 0. The smallest absolute Gasteiger partial charge is 0.335 e. The van der Waals surface area contributed by atoms with Gasteiger partial charge in [-0.1, -0.05) is 54.6 Å². The number of fused-ring (bicyclic) bond motifs is 1. The van der Waals surface area contributed by atoms with Gasteiger partial charge < -0.3 is 5.11 Å². The molecular weight excluding hydrogens is 236 g/mol. The fourth-order valence-corrected chi connectivity index (χ4v) is 2.29. The molecule has 1 N–H and O–H groups in total. The highest BCUT2D eigenvalue weighted by Gasteiger charge is 2.07. The molecule has 0 saturated heterocycles. The zero-order valence-electron chi connectivity index (χ0n) is 10.2. The Morgan fingerprint density at radius 2 is 1.63 bits per heavy atom. The van der Waals surface area contributed by atoms with Crippen molar-refractivity contribution >= 4 is 16.7 Å². The maximum absolute atomic E-state index is 11.0. The fourth-order valence-electron chi connectivity index (χ4n) is 2.29. The quantitative estimate of drug-likeness (QED) is 0.737. The summed E-state index contributed by atoms with van der Waals surface area (Å²) >= 11 is 0. The molecule has 0 amide bonds. The van der Waals surface area contributed by atoms with Gasteiger partial charge in [0.1, 0.15) is 0 Å². The summed E-state index contributed by atoms with van der Waals surface area (Å²) in [5, 5.41) is 11.0. The Balaban J connectivity index is 2.25. The molecule has 0 unspecified atom stereocenters. The molecule has 3 aromatic rings. The Morgan fingerprint density at radius 3 is 2.37 bits per heavy atom. The number of rotatable bonds is 2. The van der Waals surface area contributed by atoms with Crippen LogP contribution in [0.1, 0.15) is 10.4 Å². The van der Waals surface area contributed by atoms with Crippen LogP contribution in [0.15, 0.2) is 66.7 Å². The van der Waals surface area contributed by atoms with Gasteiger partial charge in [-0.15, -0.1) is 0 Å². The van der Waals surface area contributed by atoms with Crippen molar-refractivity contribution in [3.05, 3.63) is 72.3 Å². The molecule has 0 atom stereocenters. The van der Waals surface area contributed by atoms with Gasteiger partial charge in [0.05, 0.1) is 5.56 Å². The lowest BCUT2D eigenvalue weighted by Crippen LogP contribution is -1.95. The summed E-state index contributed by atoms with van der Waals surface area (Å²) in [6.45, 7) is 0. The molecule has 0 spiro atoms. The standard InChI is InChI=1S/C17H12O2/c18-17(19)14-9-10-16-13(11-14)7-4-8-15(16)12-5-2-1-3-6-12/h1-11H,(H,18,19). The van der Waals surface area contributed by atoms with Crippen LogP contribution >= 0.6 is 0 Å². The van der Waals surface area contributed by atoms with Crippen LogP contribution in [0.25, 0.3) is 21.9 Å². The Hall–Kier alpha value is -2.61. The molecule has 0 aliphatic carbocycles. The predicted octanol–water partition coefficient (Wildman–Crippen LogP) is 4.21. The third-order valence-electron chi connectivity index (χ3n) is 3.21. The molecule has 3 rings (SSSR count). The number of carboxylic acid groups (broad SMARTS) is 1. The second kappa shape index (κ2) is 4.58. The van der Waals surface area contributed by atoms with E-state index in [1.54, 1.807) is 12.1 Å². The molecule has 2 nitrogen and oxygen atoms in total. The molecule has 0 heterocycles. The highest BCUT2D eigenvalue weighted by molar-refractivity contribution is 6.00. The zero-order chi connectivity index (χ0) is 13.2. The Labute approximate surface area is 110 Å². The third-order valence-corrected chi connectivity index (χ3v) is 3.21. The SMILES string of the molecule is O=C(O)c1ccc2c(-c3ccccc3)cccc2c1. The Kier molecular flexibility index (Phi) is 2.76. The fraction of sp³-hybridized carbons (Fsp3) is 0. The molecule has 0 bridgehead atoms. The molecule has 0 aliphatic rings. The van der Waals surface area contributed by atoms with Crippen molar-refractivity contribution in [3.8, 4) is 11.1 Å². The highest BCUT2D eigenvalue weighted by Crippen LogP contribution is 2.29.